The second-order valence-corrected chi connectivity index (χ2v) is 6.06. The lowest BCUT2D eigenvalue weighted by Gasteiger charge is -2.22. The van der Waals surface area contributed by atoms with Gasteiger partial charge in [0.2, 0.25) is 0 Å². The number of methoxy groups -OCH3 is 1. The quantitative estimate of drug-likeness (QED) is 0.488. The van der Waals surface area contributed by atoms with E-state index in [4.69, 9.17) is 15.2 Å². The zero-order valence-electron chi connectivity index (χ0n) is 15.3. The number of aryl methyl sites for hydroxylation is 1. The summed E-state index contributed by atoms with van der Waals surface area (Å²) in [5, 5.41) is 0. The maximum absolute atomic E-state index is 11.9. The summed E-state index contributed by atoms with van der Waals surface area (Å²) in [4.78, 5) is 11.9. The lowest BCUT2D eigenvalue weighted by atomic mass is 9.88. The summed E-state index contributed by atoms with van der Waals surface area (Å²) >= 11 is 0. The van der Waals surface area contributed by atoms with Gasteiger partial charge in [-0.1, -0.05) is 42.5 Å². The second-order valence-electron chi connectivity index (χ2n) is 6.06. The zero-order valence-corrected chi connectivity index (χ0v) is 15.3. The fourth-order valence-electron chi connectivity index (χ4n) is 2.94. The maximum Gasteiger partial charge on any atom is 0.310 e. The molecule has 132 valence electrons. The van der Waals surface area contributed by atoms with Crippen LogP contribution in [-0.4, -0.2) is 19.7 Å². The number of carbonyl (C=O) groups excluding carboxylic acids is 1. The maximum atomic E-state index is 11.9. The monoisotopic (exact) mass is 339 g/mol. The smallest absolute Gasteiger partial charge is 0.310 e. The largest absolute Gasteiger partial charge is 0.487 e. The van der Waals surface area contributed by atoms with E-state index in [9.17, 15) is 4.79 Å². The Hall–Kier alpha value is -2.75. The van der Waals surface area contributed by atoms with Gasteiger partial charge in [-0.05, 0) is 43.0 Å². The summed E-state index contributed by atoms with van der Waals surface area (Å²) in [6.07, 6.45) is 1.85. The van der Waals surface area contributed by atoms with Crippen molar-refractivity contribution in [1.29, 1.82) is 0 Å². The number of rotatable bonds is 6. The van der Waals surface area contributed by atoms with Crippen LogP contribution in [0.25, 0.3) is 11.1 Å². The number of hydrogen-bond donors (Lipinski definition) is 1. The van der Waals surface area contributed by atoms with Crippen molar-refractivity contribution in [2.45, 2.75) is 27.2 Å². The van der Waals surface area contributed by atoms with Crippen LogP contribution >= 0.6 is 0 Å². The van der Waals surface area contributed by atoms with Crippen LogP contribution in [0.15, 0.2) is 36.9 Å². The van der Waals surface area contributed by atoms with Crippen molar-refractivity contribution in [2.24, 2.45) is 0 Å². The van der Waals surface area contributed by atoms with Gasteiger partial charge in [-0.25, -0.2) is 0 Å². The first kappa shape index (κ1) is 18.6. The minimum atomic E-state index is -0.296. The summed E-state index contributed by atoms with van der Waals surface area (Å²) < 4.78 is 10.7. The second kappa shape index (κ2) is 7.88. The van der Waals surface area contributed by atoms with Gasteiger partial charge in [0.05, 0.1) is 19.2 Å². The molecule has 0 aromatic heterocycles. The third-order valence-corrected chi connectivity index (χ3v) is 4.35. The van der Waals surface area contributed by atoms with Gasteiger partial charge in [0.25, 0.3) is 0 Å². The van der Waals surface area contributed by atoms with E-state index < -0.39 is 0 Å². The summed E-state index contributed by atoms with van der Waals surface area (Å²) in [6.45, 7) is 9.97. The number of nitrogens with two attached hydrogens (primary N) is 1. The predicted molar refractivity (Wildman–Crippen MR) is 102 cm³/mol. The Balaban J connectivity index is 2.74. The van der Waals surface area contributed by atoms with Gasteiger partial charge in [0, 0.05) is 5.56 Å². The Labute approximate surface area is 149 Å². The van der Waals surface area contributed by atoms with Crippen LogP contribution in [0.5, 0.6) is 5.75 Å². The average Bonchev–Trinajstić information content (AvgIpc) is 2.60. The van der Waals surface area contributed by atoms with E-state index in [1.165, 1.54) is 12.7 Å². The molecule has 0 bridgehead atoms. The Morgan fingerprint density at radius 2 is 1.80 bits per heavy atom. The van der Waals surface area contributed by atoms with Gasteiger partial charge in [-0.15, -0.1) is 0 Å². The summed E-state index contributed by atoms with van der Waals surface area (Å²) in [5.41, 5.74) is 12.6. The lowest BCUT2D eigenvalue weighted by Crippen LogP contribution is -2.12. The molecule has 4 heteroatoms. The van der Waals surface area contributed by atoms with Crippen LogP contribution in [0, 0.1) is 20.8 Å². The molecule has 2 rings (SSSR count). The molecule has 0 fully saturated rings. The van der Waals surface area contributed by atoms with Gasteiger partial charge in [0.1, 0.15) is 12.4 Å². The van der Waals surface area contributed by atoms with E-state index in [0.717, 1.165) is 27.8 Å². The summed E-state index contributed by atoms with van der Waals surface area (Å²) in [7, 11) is 1.39. The number of carbonyl (C=O) groups is 1. The molecule has 0 saturated carbocycles. The number of hydrogen-bond acceptors (Lipinski definition) is 4. The van der Waals surface area contributed by atoms with Gasteiger partial charge in [0.15, 0.2) is 0 Å². The highest BCUT2D eigenvalue weighted by Crippen LogP contribution is 2.41. The Bertz CT molecular complexity index is 792. The first-order valence-corrected chi connectivity index (χ1v) is 8.19. The van der Waals surface area contributed by atoms with Gasteiger partial charge >= 0.3 is 5.97 Å². The summed E-state index contributed by atoms with van der Waals surface area (Å²) in [6, 6.07) is 8.19. The van der Waals surface area contributed by atoms with E-state index in [1.807, 2.05) is 45.0 Å². The van der Waals surface area contributed by atoms with Crippen molar-refractivity contribution in [3.05, 3.63) is 59.2 Å². The average molecular weight is 339 g/mol. The summed E-state index contributed by atoms with van der Waals surface area (Å²) in [5.74, 6) is 0.344. The number of anilines is 1. The van der Waals surface area contributed by atoms with Crippen molar-refractivity contribution < 1.29 is 14.3 Å². The van der Waals surface area contributed by atoms with Gasteiger partial charge in [-0.3, -0.25) is 4.79 Å². The highest BCUT2D eigenvalue weighted by Gasteiger charge is 2.22. The van der Waals surface area contributed by atoms with Crippen LogP contribution in [-0.2, 0) is 16.0 Å². The zero-order chi connectivity index (χ0) is 18.6. The normalized spacial score (nSPS) is 10.4. The number of ether oxygens (including phenoxy) is 2. The molecule has 0 amide bonds. The SMILES string of the molecule is C=CCOc1c(C)c(-c2ccc(C)cc2)c(CC(=O)OC)c(C)c1N. The van der Waals surface area contributed by atoms with Crippen LogP contribution in [0.1, 0.15) is 22.3 Å². The van der Waals surface area contributed by atoms with Gasteiger partial charge in [-0.2, -0.15) is 0 Å². The van der Waals surface area contributed by atoms with Crippen molar-refractivity contribution in [3.63, 3.8) is 0 Å². The number of nitrogen functional groups attached to an aromatic ring is 1. The third kappa shape index (κ3) is 3.85. The molecule has 2 aromatic rings. The number of benzene rings is 2. The number of esters is 1. The van der Waals surface area contributed by atoms with E-state index in [-0.39, 0.29) is 12.4 Å². The molecular weight excluding hydrogens is 314 g/mol. The molecular formula is C21H25NO3. The van der Waals surface area contributed by atoms with Crippen LogP contribution in [0.4, 0.5) is 5.69 Å². The van der Waals surface area contributed by atoms with Crippen molar-refractivity contribution in [3.8, 4) is 16.9 Å². The van der Waals surface area contributed by atoms with Crippen molar-refractivity contribution >= 4 is 11.7 Å². The molecule has 0 radical (unpaired) electrons. The molecule has 0 heterocycles. The Kier molecular flexibility index (Phi) is 5.86. The van der Waals surface area contributed by atoms with E-state index in [2.05, 4.69) is 6.58 Å². The fraction of sp³-hybridized carbons (Fsp3) is 0.286. The van der Waals surface area contributed by atoms with E-state index in [0.29, 0.717) is 18.0 Å². The molecule has 0 spiro atoms. The molecule has 0 unspecified atom stereocenters. The Morgan fingerprint density at radius 1 is 1.16 bits per heavy atom. The van der Waals surface area contributed by atoms with Crippen LogP contribution < -0.4 is 10.5 Å². The highest BCUT2D eigenvalue weighted by molar-refractivity contribution is 5.85. The molecule has 0 aliphatic rings. The minimum Gasteiger partial charge on any atom is -0.487 e. The first-order valence-electron chi connectivity index (χ1n) is 8.19. The predicted octanol–water partition coefficient (Wildman–Crippen LogP) is 4.14. The van der Waals surface area contributed by atoms with Crippen molar-refractivity contribution in [2.75, 3.05) is 19.5 Å². The van der Waals surface area contributed by atoms with Crippen LogP contribution in [0.3, 0.4) is 0 Å². The van der Waals surface area contributed by atoms with Gasteiger partial charge < -0.3 is 15.2 Å². The molecule has 0 aliphatic carbocycles. The molecule has 2 aromatic carbocycles. The standard InChI is InChI=1S/C21H25NO3/c1-6-11-25-21-15(4)19(16-9-7-13(2)8-10-16)17(12-18(23)24-5)14(3)20(21)22/h6-10H,1,11-12,22H2,2-5H3. The topological polar surface area (TPSA) is 61.5 Å². The molecule has 0 saturated heterocycles. The first-order chi connectivity index (χ1) is 11.9. The Morgan fingerprint density at radius 3 is 2.36 bits per heavy atom. The fourth-order valence-corrected chi connectivity index (χ4v) is 2.94. The third-order valence-electron chi connectivity index (χ3n) is 4.35. The molecule has 2 N–H and O–H groups in total. The molecule has 25 heavy (non-hydrogen) atoms. The van der Waals surface area contributed by atoms with Crippen LogP contribution in [0.2, 0.25) is 0 Å². The lowest BCUT2D eigenvalue weighted by molar-refractivity contribution is -0.139. The van der Waals surface area contributed by atoms with E-state index in [1.54, 1.807) is 6.08 Å². The highest BCUT2D eigenvalue weighted by atomic mass is 16.5. The molecule has 4 nitrogen and oxygen atoms in total. The van der Waals surface area contributed by atoms with Crippen molar-refractivity contribution in [1.82, 2.24) is 0 Å². The van der Waals surface area contributed by atoms with E-state index >= 15 is 0 Å². The minimum absolute atomic E-state index is 0.165. The molecule has 0 atom stereocenters. The molecule has 0 aliphatic heterocycles.